The van der Waals surface area contributed by atoms with E-state index in [0.29, 0.717) is 6.42 Å². The fraction of sp³-hybridized carbons (Fsp3) is 0.278. The third kappa shape index (κ3) is 2.77. The van der Waals surface area contributed by atoms with Crippen LogP contribution >= 0.6 is 0 Å². The number of hydrogen-bond acceptors (Lipinski definition) is 3. The number of para-hydroxylation sites is 1. The Balaban J connectivity index is 1.98. The lowest BCUT2D eigenvalue weighted by molar-refractivity contribution is -0.141. The number of esters is 1. The van der Waals surface area contributed by atoms with E-state index in [0.717, 1.165) is 18.7 Å². The first-order valence-electron chi connectivity index (χ1n) is 7.26. The summed E-state index contributed by atoms with van der Waals surface area (Å²) in [7, 11) is 1.45. The van der Waals surface area contributed by atoms with Gasteiger partial charge in [0.15, 0.2) is 0 Å². The Kier molecular flexibility index (Phi) is 3.91. The van der Waals surface area contributed by atoms with Crippen molar-refractivity contribution in [3.63, 3.8) is 0 Å². The van der Waals surface area contributed by atoms with Crippen molar-refractivity contribution in [2.75, 3.05) is 18.6 Å². The van der Waals surface area contributed by atoms with Gasteiger partial charge in [0.2, 0.25) is 0 Å². The average molecular weight is 281 g/mol. The molecule has 1 atom stereocenters. The predicted octanol–water partition coefficient (Wildman–Crippen LogP) is 3.35. The van der Waals surface area contributed by atoms with E-state index in [2.05, 4.69) is 35.2 Å². The van der Waals surface area contributed by atoms with Crippen LogP contribution in [0.4, 0.5) is 5.69 Å². The monoisotopic (exact) mass is 281 g/mol. The van der Waals surface area contributed by atoms with E-state index in [1.165, 1.54) is 18.2 Å². The van der Waals surface area contributed by atoms with Crippen LogP contribution in [-0.2, 0) is 16.0 Å². The van der Waals surface area contributed by atoms with Gasteiger partial charge in [0.05, 0.1) is 19.6 Å². The minimum absolute atomic E-state index is 0.0461. The summed E-state index contributed by atoms with van der Waals surface area (Å²) in [6.45, 7) is 0.919. The van der Waals surface area contributed by atoms with Gasteiger partial charge >= 0.3 is 5.97 Å². The molecule has 1 heterocycles. The molecule has 0 saturated heterocycles. The van der Waals surface area contributed by atoms with Crippen molar-refractivity contribution in [2.24, 2.45) is 0 Å². The molecule has 0 aromatic heterocycles. The number of rotatable bonds is 3. The molecule has 0 fully saturated rings. The van der Waals surface area contributed by atoms with E-state index in [9.17, 15) is 4.79 Å². The van der Waals surface area contributed by atoms with Crippen molar-refractivity contribution >= 4 is 11.7 Å². The number of methoxy groups -OCH3 is 1. The molecule has 1 aliphatic rings. The van der Waals surface area contributed by atoms with Crippen molar-refractivity contribution in [3.05, 3.63) is 65.7 Å². The van der Waals surface area contributed by atoms with Crippen LogP contribution in [-0.4, -0.2) is 19.6 Å². The molecule has 0 bridgehead atoms. The zero-order valence-corrected chi connectivity index (χ0v) is 12.2. The first-order valence-corrected chi connectivity index (χ1v) is 7.26. The van der Waals surface area contributed by atoms with Crippen molar-refractivity contribution in [1.29, 1.82) is 0 Å². The van der Waals surface area contributed by atoms with Crippen LogP contribution in [0.3, 0.4) is 0 Å². The first kappa shape index (κ1) is 13.7. The van der Waals surface area contributed by atoms with Gasteiger partial charge in [0.1, 0.15) is 0 Å². The van der Waals surface area contributed by atoms with Gasteiger partial charge in [-0.05, 0) is 29.7 Å². The Bertz CT molecular complexity index is 624. The first-order chi connectivity index (χ1) is 10.3. The van der Waals surface area contributed by atoms with E-state index < -0.39 is 0 Å². The highest BCUT2D eigenvalue weighted by Gasteiger charge is 2.29. The van der Waals surface area contributed by atoms with Gasteiger partial charge in [-0.15, -0.1) is 0 Å². The molecular weight excluding hydrogens is 262 g/mol. The fourth-order valence-corrected chi connectivity index (χ4v) is 3.04. The molecule has 0 saturated carbocycles. The summed E-state index contributed by atoms with van der Waals surface area (Å²) in [5.74, 6) is -0.169. The summed E-state index contributed by atoms with van der Waals surface area (Å²) in [6, 6.07) is 18.7. The molecule has 21 heavy (non-hydrogen) atoms. The Morgan fingerprint density at radius 2 is 1.86 bits per heavy atom. The molecule has 0 radical (unpaired) electrons. The van der Waals surface area contributed by atoms with Crippen molar-refractivity contribution in [2.45, 2.75) is 18.9 Å². The largest absolute Gasteiger partial charge is 0.469 e. The maximum absolute atomic E-state index is 11.8. The number of nitrogens with zero attached hydrogens (tertiary/aromatic N) is 1. The second kappa shape index (κ2) is 6.00. The van der Waals surface area contributed by atoms with E-state index in [1.54, 1.807) is 0 Å². The third-order valence-electron chi connectivity index (χ3n) is 4.09. The molecule has 0 spiro atoms. The molecule has 3 rings (SSSR count). The molecule has 2 aromatic carbocycles. The standard InChI is InChI=1S/C18H19NO2/c1-21-18(20)13-17-16-10-6-5-7-14(16)11-12-19(17)15-8-3-2-4-9-15/h2-10,17H,11-13H2,1H3/t17-/m1/s1. The minimum atomic E-state index is -0.169. The normalized spacial score (nSPS) is 17.2. The number of ether oxygens (including phenoxy) is 1. The lowest BCUT2D eigenvalue weighted by atomic mass is 9.90. The van der Waals surface area contributed by atoms with Gasteiger partial charge in [-0.1, -0.05) is 42.5 Å². The molecule has 0 unspecified atom stereocenters. The molecule has 2 aromatic rings. The summed E-state index contributed by atoms with van der Waals surface area (Å²) < 4.78 is 4.89. The van der Waals surface area contributed by atoms with E-state index in [-0.39, 0.29) is 12.0 Å². The van der Waals surface area contributed by atoms with Crippen molar-refractivity contribution in [3.8, 4) is 0 Å². The average Bonchev–Trinajstić information content (AvgIpc) is 2.56. The Labute approximate surface area is 125 Å². The Hall–Kier alpha value is -2.29. The minimum Gasteiger partial charge on any atom is -0.469 e. The topological polar surface area (TPSA) is 29.5 Å². The number of anilines is 1. The molecular formula is C18H19NO2. The molecule has 3 nitrogen and oxygen atoms in total. The molecule has 0 N–H and O–H groups in total. The van der Waals surface area contributed by atoms with Crippen molar-refractivity contribution in [1.82, 2.24) is 0 Å². The molecule has 108 valence electrons. The number of hydrogen-bond donors (Lipinski definition) is 0. The van der Waals surface area contributed by atoms with Crippen molar-refractivity contribution < 1.29 is 9.53 Å². The number of benzene rings is 2. The number of carbonyl (C=O) groups excluding carboxylic acids is 1. The SMILES string of the molecule is COC(=O)C[C@@H]1c2ccccc2CCN1c1ccccc1. The van der Waals surface area contributed by atoms with Gasteiger partial charge in [0, 0.05) is 12.2 Å². The van der Waals surface area contributed by atoms with E-state index in [1.807, 2.05) is 24.3 Å². The summed E-state index contributed by atoms with van der Waals surface area (Å²) in [4.78, 5) is 14.1. The van der Waals surface area contributed by atoms with Crippen LogP contribution in [0.2, 0.25) is 0 Å². The summed E-state index contributed by atoms with van der Waals surface area (Å²) in [5, 5.41) is 0. The van der Waals surface area contributed by atoms with Crippen LogP contribution in [0.5, 0.6) is 0 Å². The van der Waals surface area contributed by atoms with Crippen LogP contribution in [0, 0.1) is 0 Å². The maximum Gasteiger partial charge on any atom is 0.307 e. The lowest BCUT2D eigenvalue weighted by Crippen LogP contribution is -2.36. The maximum atomic E-state index is 11.8. The van der Waals surface area contributed by atoms with E-state index in [4.69, 9.17) is 4.74 Å². The van der Waals surface area contributed by atoms with Crippen LogP contribution in [0.15, 0.2) is 54.6 Å². The predicted molar refractivity (Wildman–Crippen MR) is 83.3 cm³/mol. The molecule has 0 amide bonds. The number of carbonyl (C=O) groups is 1. The smallest absolute Gasteiger partial charge is 0.307 e. The lowest BCUT2D eigenvalue weighted by Gasteiger charge is -2.38. The zero-order chi connectivity index (χ0) is 14.7. The third-order valence-corrected chi connectivity index (χ3v) is 4.09. The quantitative estimate of drug-likeness (QED) is 0.808. The van der Waals surface area contributed by atoms with Gasteiger partial charge in [-0.2, -0.15) is 0 Å². The fourth-order valence-electron chi connectivity index (χ4n) is 3.04. The van der Waals surface area contributed by atoms with Gasteiger partial charge < -0.3 is 9.64 Å². The second-order valence-corrected chi connectivity index (χ2v) is 5.27. The summed E-state index contributed by atoms with van der Waals surface area (Å²) in [5.41, 5.74) is 3.72. The van der Waals surface area contributed by atoms with Gasteiger partial charge in [0.25, 0.3) is 0 Å². The number of fused-ring (bicyclic) bond motifs is 1. The van der Waals surface area contributed by atoms with Gasteiger partial charge in [-0.25, -0.2) is 0 Å². The molecule has 1 aliphatic heterocycles. The highest BCUT2D eigenvalue weighted by Crippen LogP contribution is 2.35. The Morgan fingerprint density at radius 1 is 1.14 bits per heavy atom. The summed E-state index contributed by atoms with van der Waals surface area (Å²) in [6.07, 6.45) is 1.38. The van der Waals surface area contributed by atoms with E-state index >= 15 is 0 Å². The molecule has 0 aliphatic carbocycles. The van der Waals surface area contributed by atoms with Crippen LogP contribution < -0.4 is 4.90 Å². The highest BCUT2D eigenvalue weighted by molar-refractivity contribution is 5.72. The van der Waals surface area contributed by atoms with Gasteiger partial charge in [-0.3, -0.25) is 4.79 Å². The van der Waals surface area contributed by atoms with Crippen LogP contribution in [0.1, 0.15) is 23.6 Å². The Morgan fingerprint density at radius 3 is 2.62 bits per heavy atom. The second-order valence-electron chi connectivity index (χ2n) is 5.27. The van der Waals surface area contributed by atoms with Crippen LogP contribution in [0.25, 0.3) is 0 Å². The summed E-state index contributed by atoms with van der Waals surface area (Å²) >= 11 is 0. The molecule has 3 heteroatoms. The zero-order valence-electron chi connectivity index (χ0n) is 12.2. The highest BCUT2D eigenvalue weighted by atomic mass is 16.5.